The van der Waals surface area contributed by atoms with Gasteiger partial charge in [0.15, 0.2) is 0 Å². The predicted molar refractivity (Wildman–Crippen MR) is 69.9 cm³/mol. The Hall–Kier alpha value is -1.31. The van der Waals surface area contributed by atoms with E-state index in [1.165, 1.54) is 23.5 Å². The molecular formula is C11H18N2O4S. The van der Waals surface area contributed by atoms with Gasteiger partial charge in [0.25, 0.3) is 0 Å². The second kappa shape index (κ2) is 6.58. The van der Waals surface area contributed by atoms with Crippen molar-refractivity contribution in [1.82, 2.24) is 4.72 Å². The summed E-state index contributed by atoms with van der Waals surface area (Å²) in [6.07, 6.45) is 0. The van der Waals surface area contributed by atoms with Crippen molar-refractivity contribution in [3.8, 4) is 5.75 Å². The van der Waals surface area contributed by atoms with Gasteiger partial charge < -0.3 is 9.84 Å². The molecule has 0 fully saturated rings. The fourth-order valence-corrected chi connectivity index (χ4v) is 2.72. The van der Waals surface area contributed by atoms with E-state index in [0.29, 0.717) is 12.3 Å². The number of ether oxygens (including phenoxy) is 1. The van der Waals surface area contributed by atoms with E-state index in [-0.39, 0.29) is 18.8 Å². The van der Waals surface area contributed by atoms with E-state index in [1.54, 1.807) is 19.1 Å². The average molecular weight is 274 g/mol. The molecule has 1 rings (SSSR count). The lowest BCUT2D eigenvalue weighted by Crippen LogP contribution is -2.42. The van der Waals surface area contributed by atoms with E-state index in [9.17, 15) is 13.5 Å². The van der Waals surface area contributed by atoms with Crippen LogP contribution in [0.1, 0.15) is 6.92 Å². The van der Waals surface area contributed by atoms with Crippen molar-refractivity contribution in [1.29, 1.82) is 0 Å². The molecule has 0 aliphatic carbocycles. The van der Waals surface area contributed by atoms with Crippen molar-refractivity contribution in [2.75, 3.05) is 31.1 Å². The standard InChI is InChI=1S/C11H18N2O4S/c1-3-13(10-5-4-6-11(14)9-10)18(15,16)12-7-8-17-2/h4-6,9,12,14H,3,7-8H2,1-2H3. The molecule has 0 aliphatic rings. The molecule has 6 nitrogen and oxygen atoms in total. The van der Waals surface area contributed by atoms with Crippen molar-refractivity contribution in [2.45, 2.75) is 6.92 Å². The van der Waals surface area contributed by atoms with E-state index >= 15 is 0 Å². The highest BCUT2D eigenvalue weighted by atomic mass is 32.2. The lowest BCUT2D eigenvalue weighted by atomic mass is 10.3. The molecule has 0 bridgehead atoms. The fourth-order valence-electron chi connectivity index (χ4n) is 1.49. The van der Waals surface area contributed by atoms with Crippen LogP contribution in [0.5, 0.6) is 5.75 Å². The molecule has 0 aromatic heterocycles. The van der Waals surface area contributed by atoms with Crippen molar-refractivity contribution >= 4 is 15.9 Å². The number of phenols is 1. The molecule has 7 heteroatoms. The summed E-state index contributed by atoms with van der Waals surface area (Å²) < 4.78 is 32.4. The van der Waals surface area contributed by atoms with Crippen LogP contribution in [0, 0.1) is 0 Å². The van der Waals surface area contributed by atoms with Crippen molar-refractivity contribution in [2.24, 2.45) is 0 Å². The van der Waals surface area contributed by atoms with Gasteiger partial charge in [0.1, 0.15) is 5.75 Å². The summed E-state index contributed by atoms with van der Waals surface area (Å²) in [5.74, 6) is 0.0260. The summed E-state index contributed by atoms with van der Waals surface area (Å²) in [7, 11) is -2.12. The van der Waals surface area contributed by atoms with Gasteiger partial charge in [0.05, 0.1) is 12.3 Å². The van der Waals surface area contributed by atoms with Crippen molar-refractivity contribution in [3.63, 3.8) is 0 Å². The van der Waals surface area contributed by atoms with Gasteiger partial charge in [0.2, 0.25) is 0 Å². The molecule has 0 heterocycles. The van der Waals surface area contributed by atoms with Crippen LogP contribution in [-0.4, -0.2) is 40.3 Å². The van der Waals surface area contributed by atoms with Crippen LogP contribution in [0.25, 0.3) is 0 Å². The van der Waals surface area contributed by atoms with Gasteiger partial charge in [-0.15, -0.1) is 0 Å². The third-order valence-corrected chi connectivity index (χ3v) is 3.90. The Kier molecular flexibility index (Phi) is 5.39. The molecule has 0 saturated carbocycles. The molecule has 1 aromatic carbocycles. The Morgan fingerprint density at radius 3 is 2.72 bits per heavy atom. The predicted octanol–water partition coefficient (Wildman–Crippen LogP) is 0.699. The Bertz CT molecular complexity index is 476. The first-order valence-corrected chi connectivity index (χ1v) is 7.00. The van der Waals surface area contributed by atoms with Crippen LogP contribution in [0.15, 0.2) is 24.3 Å². The molecule has 0 radical (unpaired) electrons. The highest BCUT2D eigenvalue weighted by Gasteiger charge is 2.20. The van der Waals surface area contributed by atoms with Crippen LogP contribution >= 0.6 is 0 Å². The van der Waals surface area contributed by atoms with E-state index in [4.69, 9.17) is 4.74 Å². The van der Waals surface area contributed by atoms with Gasteiger partial charge in [-0.25, -0.2) is 0 Å². The largest absolute Gasteiger partial charge is 0.508 e. The first-order valence-electron chi connectivity index (χ1n) is 5.56. The normalized spacial score (nSPS) is 11.4. The maximum atomic E-state index is 12.0. The molecule has 2 N–H and O–H groups in total. The maximum Gasteiger partial charge on any atom is 0.301 e. The Balaban J connectivity index is 2.88. The van der Waals surface area contributed by atoms with E-state index in [1.807, 2.05) is 0 Å². The number of hydrogen-bond acceptors (Lipinski definition) is 4. The van der Waals surface area contributed by atoms with E-state index in [0.717, 1.165) is 0 Å². The van der Waals surface area contributed by atoms with Gasteiger partial charge in [-0.2, -0.15) is 13.1 Å². The maximum absolute atomic E-state index is 12.0. The SMILES string of the molecule is CCN(c1cccc(O)c1)S(=O)(=O)NCCOC. The monoisotopic (exact) mass is 274 g/mol. The van der Waals surface area contributed by atoms with Crippen LogP contribution in [0.3, 0.4) is 0 Å². The third kappa shape index (κ3) is 3.86. The number of nitrogens with one attached hydrogen (secondary N) is 1. The number of hydrogen-bond donors (Lipinski definition) is 2. The smallest absolute Gasteiger partial charge is 0.301 e. The molecule has 0 spiro atoms. The number of anilines is 1. The number of aromatic hydroxyl groups is 1. The van der Waals surface area contributed by atoms with E-state index < -0.39 is 10.2 Å². The topological polar surface area (TPSA) is 78.9 Å². The minimum absolute atomic E-state index is 0.0260. The first-order chi connectivity index (χ1) is 8.51. The zero-order valence-corrected chi connectivity index (χ0v) is 11.3. The van der Waals surface area contributed by atoms with Gasteiger partial charge in [0, 0.05) is 26.3 Å². The van der Waals surface area contributed by atoms with Crippen LogP contribution < -0.4 is 9.03 Å². The Morgan fingerprint density at radius 2 is 2.17 bits per heavy atom. The minimum atomic E-state index is -3.62. The number of rotatable bonds is 7. The summed E-state index contributed by atoms with van der Waals surface area (Å²) in [5.41, 5.74) is 0.419. The summed E-state index contributed by atoms with van der Waals surface area (Å²) in [5, 5.41) is 9.38. The van der Waals surface area contributed by atoms with Gasteiger partial charge in [-0.05, 0) is 19.1 Å². The number of benzene rings is 1. The second-order valence-electron chi connectivity index (χ2n) is 3.58. The first kappa shape index (κ1) is 14.7. The minimum Gasteiger partial charge on any atom is -0.508 e. The molecule has 1 aromatic rings. The summed E-state index contributed by atoms with van der Waals surface area (Å²) >= 11 is 0. The molecule has 0 aliphatic heterocycles. The van der Waals surface area contributed by atoms with Crippen LogP contribution in [-0.2, 0) is 14.9 Å². The Labute approximate surface area is 107 Å². The number of methoxy groups -OCH3 is 1. The summed E-state index contributed by atoms with van der Waals surface area (Å²) in [6, 6.07) is 6.11. The zero-order chi connectivity index (χ0) is 13.6. The lowest BCUT2D eigenvalue weighted by molar-refractivity contribution is 0.204. The number of phenolic OH excluding ortho intramolecular Hbond substituents is 1. The van der Waals surface area contributed by atoms with Crippen molar-refractivity contribution in [3.05, 3.63) is 24.3 Å². The van der Waals surface area contributed by atoms with Crippen molar-refractivity contribution < 1.29 is 18.3 Å². The molecular weight excluding hydrogens is 256 g/mol. The van der Waals surface area contributed by atoms with E-state index in [2.05, 4.69) is 4.72 Å². The molecule has 0 unspecified atom stereocenters. The lowest BCUT2D eigenvalue weighted by Gasteiger charge is -2.23. The molecule has 18 heavy (non-hydrogen) atoms. The van der Waals surface area contributed by atoms with Gasteiger partial charge >= 0.3 is 10.2 Å². The fraction of sp³-hybridized carbons (Fsp3) is 0.455. The molecule has 102 valence electrons. The summed E-state index contributed by atoms with van der Waals surface area (Å²) in [4.78, 5) is 0. The average Bonchev–Trinajstić information content (AvgIpc) is 2.29. The molecule has 0 saturated heterocycles. The molecule has 0 amide bonds. The highest BCUT2D eigenvalue weighted by Crippen LogP contribution is 2.21. The zero-order valence-electron chi connectivity index (χ0n) is 10.5. The van der Waals surface area contributed by atoms with Crippen LogP contribution in [0.2, 0.25) is 0 Å². The Morgan fingerprint density at radius 1 is 1.44 bits per heavy atom. The van der Waals surface area contributed by atoms with Crippen LogP contribution in [0.4, 0.5) is 5.69 Å². The quantitative estimate of drug-likeness (QED) is 0.717. The molecule has 0 atom stereocenters. The van der Waals surface area contributed by atoms with Gasteiger partial charge in [-0.3, -0.25) is 4.31 Å². The van der Waals surface area contributed by atoms with Gasteiger partial charge in [-0.1, -0.05) is 6.07 Å². The second-order valence-corrected chi connectivity index (χ2v) is 5.26. The number of nitrogens with zero attached hydrogens (tertiary/aromatic N) is 1. The summed E-state index contributed by atoms with van der Waals surface area (Å²) in [6.45, 7) is 2.50. The third-order valence-electron chi connectivity index (χ3n) is 2.29. The highest BCUT2D eigenvalue weighted by molar-refractivity contribution is 7.90.